The zero-order valence-electron chi connectivity index (χ0n) is 11.0. The average molecular weight is 225 g/mol. The topological polar surface area (TPSA) is 51.0 Å². The first-order valence-electron chi connectivity index (χ1n) is 6.00. The third kappa shape index (κ3) is 4.31. The van der Waals surface area contributed by atoms with E-state index in [1.807, 2.05) is 0 Å². The second-order valence-electron chi connectivity index (χ2n) is 5.28. The minimum atomic E-state index is 0.138. The highest BCUT2D eigenvalue weighted by Crippen LogP contribution is 2.14. The van der Waals surface area contributed by atoms with Crippen LogP contribution >= 0.6 is 0 Å². The Labute approximate surface area is 97.8 Å². The Morgan fingerprint density at radius 2 is 2.06 bits per heavy atom. The number of aromatic nitrogens is 2. The van der Waals surface area contributed by atoms with E-state index in [1.54, 1.807) is 0 Å². The van der Waals surface area contributed by atoms with E-state index in [0.717, 1.165) is 31.1 Å². The van der Waals surface area contributed by atoms with Crippen molar-refractivity contribution in [3.8, 4) is 0 Å². The summed E-state index contributed by atoms with van der Waals surface area (Å²) in [4.78, 5) is 4.38. The highest BCUT2D eigenvalue weighted by molar-refractivity contribution is 4.93. The number of hydrogen-bond acceptors (Lipinski definition) is 4. The molecule has 16 heavy (non-hydrogen) atoms. The molecule has 1 N–H and O–H groups in total. The monoisotopic (exact) mass is 225 g/mol. The molecule has 1 aromatic rings. The Kier molecular flexibility index (Phi) is 4.47. The molecule has 1 aromatic heterocycles. The quantitative estimate of drug-likeness (QED) is 0.836. The summed E-state index contributed by atoms with van der Waals surface area (Å²) >= 11 is 0. The van der Waals surface area contributed by atoms with Gasteiger partial charge in [0.25, 0.3) is 0 Å². The maximum Gasteiger partial charge on any atom is 0.227 e. The van der Waals surface area contributed by atoms with Crippen LogP contribution in [0.15, 0.2) is 4.52 Å². The summed E-state index contributed by atoms with van der Waals surface area (Å²) in [6, 6.07) is 0. The van der Waals surface area contributed by atoms with Crippen LogP contribution in [0, 0.1) is 0 Å². The first kappa shape index (κ1) is 13.2. The third-order valence-corrected chi connectivity index (χ3v) is 2.53. The minimum absolute atomic E-state index is 0.138. The standard InChI is InChI=1S/C12H23N3O/c1-6-9(2)11-14-10(16-15-11)7-8-13-12(3,4)5/h9,13H,6-8H2,1-5H3. The van der Waals surface area contributed by atoms with Crippen LogP contribution in [-0.2, 0) is 6.42 Å². The van der Waals surface area contributed by atoms with Gasteiger partial charge in [-0.2, -0.15) is 4.98 Å². The van der Waals surface area contributed by atoms with Crippen LogP contribution in [0.5, 0.6) is 0 Å². The lowest BCUT2D eigenvalue weighted by molar-refractivity contribution is 0.356. The molecule has 0 saturated carbocycles. The molecule has 1 unspecified atom stereocenters. The van der Waals surface area contributed by atoms with E-state index in [1.165, 1.54) is 0 Å². The van der Waals surface area contributed by atoms with Crippen LogP contribution in [0.4, 0.5) is 0 Å². The summed E-state index contributed by atoms with van der Waals surface area (Å²) in [6.45, 7) is 11.5. The van der Waals surface area contributed by atoms with Crippen LogP contribution in [-0.4, -0.2) is 22.2 Å². The van der Waals surface area contributed by atoms with Gasteiger partial charge >= 0.3 is 0 Å². The molecule has 92 valence electrons. The fraction of sp³-hybridized carbons (Fsp3) is 0.833. The van der Waals surface area contributed by atoms with Crippen molar-refractivity contribution in [2.45, 2.75) is 58.9 Å². The fourth-order valence-corrected chi connectivity index (χ4v) is 1.30. The molecule has 0 aliphatic rings. The Hall–Kier alpha value is -0.900. The second-order valence-corrected chi connectivity index (χ2v) is 5.28. The van der Waals surface area contributed by atoms with Crippen molar-refractivity contribution < 1.29 is 4.52 Å². The SMILES string of the molecule is CCC(C)c1noc(CCNC(C)(C)C)n1. The average Bonchev–Trinajstić information content (AvgIpc) is 2.63. The van der Waals surface area contributed by atoms with Crippen molar-refractivity contribution in [1.29, 1.82) is 0 Å². The zero-order valence-corrected chi connectivity index (χ0v) is 11.0. The maximum atomic E-state index is 5.20. The normalized spacial score (nSPS) is 14.1. The van der Waals surface area contributed by atoms with E-state index >= 15 is 0 Å². The Balaban J connectivity index is 2.41. The summed E-state index contributed by atoms with van der Waals surface area (Å²) in [6.07, 6.45) is 1.83. The van der Waals surface area contributed by atoms with E-state index in [0.29, 0.717) is 5.92 Å². The first-order chi connectivity index (χ1) is 7.42. The molecular formula is C12H23N3O. The number of rotatable bonds is 5. The van der Waals surface area contributed by atoms with Crippen molar-refractivity contribution in [3.63, 3.8) is 0 Å². The molecule has 0 bridgehead atoms. The molecule has 0 fully saturated rings. The van der Waals surface area contributed by atoms with Gasteiger partial charge in [-0.05, 0) is 27.2 Å². The van der Waals surface area contributed by atoms with Gasteiger partial charge in [0.15, 0.2) is 5.82 Å². The van der Waals surface area contributed by atoms with E-state index in [2.05, 4.69) is 50.1 Å². The first-order valence-corrected chi connectivity index (χ1v) is 6.00. The van der Waals surface area contributed by atoms with Gasteiger partial charge in [-0.25, -0.2) is 0 Å². The Morgan fingerprint density at radius 3 is 2.62 bits per heavy atom. The Bertz CT molecular complexity index is 314. The Morgan fingerprint density at radius 1 is 1.38 bits per heavy atom. The van der Waals surface area contributed by atoms with Gasteiger partial charge in [0.05, 0.1) is 0 Å². The van der Waals surface area contributed by atoms with Crippen molar-refractivity contribution in [3.05, 3.63) is 11.7 Å². The molecule has 0 saturated heterocycles. The van der Waals surface area contributed by atoms with Gasteiger partial charge in [0.1, 0.15) is 0 Å². The molecule has 0 aromatic carbocycles. The summed E-state index contributed by atoms with van der Waals surface area (Å²) in [5.41, 5.74) is 0.138. The third-order valence-electron chi connectivity index (χ3n) is 2.53. The van der Waals surface area contributed by atoms with Crippen LogP contribution in [0.25, 0.3) is 0 Å². The van der Waals surface area contributed by atoms with E-state index < -0.39 is 0 Å². The molecule has 4 nitrogen and oxygen atoms in total. The molecule has 0 radical (unpaired) electrons. The molecule has 0 amide bonds. The lowest BCUT2D eigenvalue weighted by atomic mass is 10.1. The summed E-state index contributed by atoms with van der Waals surface area (Å²) < 4.78 is 5.20. The predicted molar refractivity (Wildman–Crippen MR) is 64.5 cm³/mol. The van der Waals surface area contributed by atoms with Gasteiger partial charge in [-0.1, -0.05) is 19.0 Å². The van der Waals surface area contributed by atoms with Crippen molar-refractivity contribution >= 4 is 0 Å². The van der Waals surface area contributed by atoms with Gasteiger partial charge in [-0.3, -0.25) is 0 Å². The van der Waals surface area contributed by atoms with Gasteiger partial charge < -0.3 is 9.84 Å². The highest BCUT2D eigenvalue weighted by atomic mass is 16.5. The van der Waals surface area contributed by atoms with Gasteiger partial charge in [-0.15, -0.1) is 0 Å². The summed E-state index contributed by atoms with van der Waals surface area (Å²) in [7, 11) is 0. The van der Waals surface area contributed by atoms with Crippen molar-refractivity contribution in [2.75, 3.05) is 6.54 Å². The van der Waals surface area contributed by atoms with E-state index in [-0.39, 0.29) is 5.54 Å². The van der Waals surface area contributed by atoms with Crippen LogP contribution in [0.2, 0.25) is 0 Å². The van der Waals surface area contributed by atoms with Crippen molar-refractivity contribution in [2.24, 2.45) is 0 Å². The lowest BCUT2D eigenvalue weighted by Crippen LogP contribution is -2.37. The highest BCUT2D eigenvalue weighted by Gasteiger charge is 2.13. The molecule has 1 heterocycles. The van der Waals surface area contributed by atoms with Crippen molar-refractivity contribution in [1.82, 2.24) is 15.5 Å². The number of nitrogens with one attached hydrogen (secondary N) is 1. The molecule has 1 atom stereocenters. The zero-order chi connectivity index (χ0) is 12.2. The lowest BCUT2D eigenvalue weighted by Gasteiger charge is -2.19. The largest absolute Gasteiger partial charge is 0.339 e. The fourth-order valence-electron chi connectivity index (χ4n) is 1.30. The van der Waals surface area contributed by atoms with Crippen LogP contribution in [0.1, 0.15) is 58.7 Å². The predicted octanol–water partition coefficient (Wildman–Crippen LogP) is 2.51. The minimum Gasteiger partial charge on any atom is -0.339 e. The second kappa shape index (κ2) is 5.43. The molecule has 0 aliphatic heterocycles. The molecule has 4 heteroatoms. The van der Waals surface area contributed by atoms with Crippen LogP contribution in [0.3, 0.4) is 0 Å². The molecular weight excluding hydrogens is 202 g/mol. The van der Waals surface area contributed by atoms with Gasteiger partial charge in [0, 0.05) is 24.4 Å². The molecule has 1 rings (SSSR count). The van der Waals surface area contributed by atoms with Crippen LogP contribution < -0.4 is 5.32 Å². The number of nitrogens with zero attached hydrogens (tertiary/aromatic N) is 2. The van der Waals surface area contributed by atoms with E-state index in [9.17, 15) is 0 Å². The smallest absolute Gasteiger partial charge is 0.227 e. The van der Waals surface area contributed by atoms with E-state index in [4.69, 9.17) is 4.52 Å². The summed E-state index contributed by atoms with van der Waals surface area (Å²) in [5, 5.41) is 7.38. The maximum absolute atomic E-state index is 5.20. The molecule has 0 spiro atoms. The summed E-state index contributed by atoms with van der Waals surface area (Å²) in [5.74, 6) is 1.94. The molecule has 0 aliphatic carbocycles. The van der Waals surface area contributed by atoms with Gasteiger partial charge in [0.2, 0.25) is 5.89 Å². The number of hydrogen-bond donors (Lipinski definition) is 1.